The fourth-order valence-electron chi connectivity index (χ4n) is 1.91. The molecular formula is C15H19N3O. The van der Waals surface area contributed by atoms with Crippen LogP contribution in [-0.2, 0) is 6.54 Å². The number of hydrogen-bond donors (Lipinski definition) is 1. The number of fused-ring (bicyclic) bond motifs is 1. The molecule has 0 atom stereocenters. The second kappa shape index (κ2) is 5.80. The van der Waals surface area contributed by atoms with Gasteiger partial charge in [0.1, 0.15) is 0 Å². The van der Waals surface area contributed by atoms with Gasteiger partial charge in [-0.1, -0.05) is 32.6 Å². The smallest absolute Gasteiger partial charge is 0.269 e. The Bertz CT molecular complexity index is 643. The molecule has 0 amide bonds. The molecule has 0 fully saturated rings. The second-order valence-electron chi connectivity index (χ2n) is 4.96. The molecule has 0 aliphatic rings. The van der Waals surface area contributed by atoms with Crippen LogP contribution in [0, 0.1) is 0 Å². The van der Waals surface area contributed by atoms with Crippen molar-refractivity contribution < 1.29 is 0 Å². The molecule has 0 bridgehead atoms. The van der Waals surface area contributed by atoms with Gasteiger partial charge in [-0.3, -0.25) is 4.79 Å². The largest absolute Gasteiger partial charge is 0.311 e. The van der Waals surface area contributed by atoms with Crippen LogP contribution in [0.25, 0.3) is 11.0 Å². The van der Waals surface area contributed by atoms with E-state index in [1.165, 1.54) is 6.20 Å². The lowest BCUT2D eigenvalue weighted by Crippen LogP contribution is -2.28. The van der Waals surface area contributed by atoms with Gasteiger partial charge in [-0.2, -0.15) is 0 Å². The maximum Gasteiger partial charge on any atom is 0.269 e. The maximum atomic E-state index is 11.9. The Labute approximate surface area is 112 Å². The van der Waals surface area contributed by atoms with Crippen LogP contribution in [0.15, 0.2) is 47.4 Å². The topological polar surface area (TPSA) is 46.9 Å². The van der Waals surface area contributed by atoms with Gasteiger partial charge < -0.3 is 9.88 Å². The summed E-state index contributed by atoms with van der Waals surface area (Å²) < 4.78 is 1.71. The Hall–Kier alpha value is -1.94. The number of aromatic nitrogens is 2. The van der Waals surface area contributed by atoms with E-state index in [4.69, 9.17) is 0 Å². The summed E-state index contributed by atoms with van der Waals surface area (Å²) in [6.45, 7) is 9.42. The quantitative estimate of drug-likeness (QED) is 0.833. The molecule has 100 valence electrons. The first kappa shape index (κ1) is 13.5. The first-order valence-electron chi connectivity index (χ1n) is 6.42. The van der Waals surface area contributed by atoms with Gasteiger partial charge in [-0.25, -0.2) is 4.98 Å². The fourth-order valence-corrected chi connectivity index (χ4v) is 1.91. The number of rotatable bonds is 5. The van der Waals surface area contributed by atoms with Crippen molar-refractivity contribution in [2.45, 2.75) is 26.4 Å². The van der Waals surface area contributed by atoms with Crippen molar-refractivity contribution in [3.8, 4) is 0 Å². The highest BCUT2D eigenvalue weighted by molar-refractivity contribution is 5.74. The molecule has 2 aromatic rings. The standard InChI is InChI=1S/C15H19N3O/c1-11(2)16-8-12(3)10-18-14-7-5-4-6-13(14)17-9-15(18)19/h4-7,9,11,16H,3,8,10H2,1-2H3. The third kappa shape index (κ3) is 3.29. The SMILES string of the molecule is C=C(CNC(C)C)Cn1c(=O)cnc2ccccc21. The van der Waals surface area contributed by atoms with Gasteiger partial charge in [0.2, 0.25) is 0 Å². The molecular weight excluding hydrogens is 238 g/mol. The van der Waals surface area contributed by atoms with Crippen molar-refractivity contribution in [1.82, 2.24) is 14.9 Å². The molecule has 4 nitrogen and oxygen atoms in total. The lowest BCUT2D eigenvalue weighted by Gasteiger charge is -2.13. The van der Waals surface area contributed by atoms with Gasteiger partial charge >= 0.3 is 0 Å². The summed E-state index contributed by atoms with van der Waals surface area (Å²) in [4.78, 5) is 16.1. The van der Waals surface area contributed by atoms with Gasteiger partial charge in [0, 0.05) is 19.1 Å². The van der Waals surface area contributed by atoms with Gasteiger partial charge in [0.25, 0.3) is 5.56 Å². The molecule has 0 spiro atoms. The molecule has 0 saturated carbocycles. The van der Waals surface area contributed by atoms with Crippen LogP contribution in [0.2, 0.25) is 0 Å². The number of nitrogens with zero attached hydrogens (tertiary/aromatic N) is 2. The predicted octanol–water partition coefficient (Wildman–Crippen LogP) is 1.95. The molecule has 0 aliphatic carbocycles. The Morgan fingerprint density at radius 1 is 1.42 bits per heavy atom. The first-order valence-corrected chi connectivity index (χ1v) is 6.42. The van der Waals surface area contributed by atoms with Gasteiger partial charge in [-0.05, 0) is 17.7 Å². The van der Waals surface area contributed by atoms with Crippen LogP contribution in [-0.4, -0.2) is 22.1 Å². The van der Waals surface area contributed by atoms with Crippen LogP contribution >= 0.6 is 0 Å². The van der Waals surface area contributed by atoms with E-state index < -0.39 is 0 Å². The fraction of sp³-hybridized carbons (Fsp3) is 0.333. The molecule has 0 unspecified atom stereocenters. The van der Waals surface area contributed by atoms with Crippen LogP contribution in [0.4, 0.5) is 0 Å². The second-order valence-corrected chi connectivity index (χ2v) is 4.96. The summed E-state index contributed by atoms with van der Waals surface area (Å²) in [5.41, 5.74) is 2.56. The molecule has 2 rings (SSSR count). The molecule has 19 heavy (non-hydrogen) atoms. The third-order valence-electron chi connectivity index (χ3n) is 2.89. The van der Waals surface area contributed by atoms with E-state index in [9.17, 15) is 4.79 Å². The monoisotopic (exact) mass is 257 g/mol. The van der Waals surface area contributed by atoms with Crippen molar-refractivity contribution in [3.63, 3.8) is 0 Å². The van der Waals surface area contributed by atoms with Crippen molar-refractivity contribution in [2.75, 3.05) is 6.54 Å². The van der Waals surface area contributed by atoms with Crippen molar-refractivity contribution in [2.24, 2.45) is 0 Å². The van der Waals surface area contributed by atoms with E-state index in [1.807, 2.05) is 24.3 Å². The van der Waals surface area contributed by atoms with Crippen LogP contribution < -0.4 is 10.9 Å². The number of nitrogens with one attached hydrogen (secondary N) is 1. The molecule has 1 heterocycles. The average Bonchev–Trinajstić information content (AvgIpc) is 2.40. The van der Waals surface area contributed by atoms with Crippen molar-refractivity contribution in [3.05, 3.63) is 53.0 Å². The van der Waals surface area contributed by atoms with E-state index >= 15 is 0 Å². The third-order valence-corrected chi connectivity index (χ3v) is 2.89. The van der Waals surface area contributed by atoms with Gasteiger partial charge in [-0.15, -0.1) is 0 Å². The Morgan fingerprint density at radius 2 is 2.16 bits per heavy atom. The summed E-state index contributed by atoms with van der Waals surface area (Å²) in [6, 6.07) is 8.05. The lowest BCUT2D eigenvalue weighted by atomic mass is 10.2. The van der Waals surface area contributed by atoms with Crippen molar-refractivity contribution in [1.29, 1.82) is 0 Å². The van der Waals surface area contributed by atoms with Gasteiger partial charge in [0.15, 0.2) is 0 Å². The lowest BCUT2D eigenvalue weighted by molar-refractivity contribution is 0.603. The molecule has 0 saturated heterocycles. The number of hydrogen-bond acceptors (Lipinski definition) is 3. The molecule has 0 aliphatic heterocycles. The summed E-state index contributed by atoms with van der Waals surface area (Å²) >= 11 is 0. The van der Waals surface area contributed by atoms with E-state index in [0.717, 1.165) is 16.6 Å². The van der Waals surface area contributed by atoms with Crippen LogP contribution in [0.5, 0.6) is 0 Å². The molecule has 1 aromatic heterocycles. The highest BCUT2D eigenvalue weighted by atomic mass is 16.1. The minimum absolute atomic E-state index is 0.0932. The highest BCUT2D eigenvalue weighted by Gasteiger charge is 2.05. The van der Waals surface area contributed by atoms with E-state index in [-0.39, 0.29) is 5.56 Å². The summed E-state index contributed by atoms with van der Waals surface area (Å²) in [5.74, 6) is 0. The molecule has 1 N–H and O–H groups in total. The predicted molar refractivity (Wildman–Crippen MR) is 78.3 cm³/mol. The van der Waals surface area contributed by atoms with E-state index in [2.05, 4.69) is 30.7 Å². The number of benzene rings is 1. The summed E-state index contributed by atoms with van der Waals surface area (Å²) in [7, 11) is 0. The highest BCUT2D eigenvalue weighted by Crippen LogP contribution is 2.09. The summed E-state index contributed by atoms with van der Waals surface area (Å²) in [5, 5.41) is 3.30. The molecule has 1 aromatic carbocycles. The molecule has 4 heteroatoms. The van der Waals surface area contributed by atoms with E-state index in [1.54, 1.807) is 4.57 Å². The minimum atomic E-state index is -0.0932. The van der Waals surface area contributed by atoms with E-state index in [0.29, 0.717) is 19.1 Å². The normalized spacial score (nSPS) is 11.1. The zero-order valence-electron chi connectivity index (χ0n) is 11.4. The number of para-hydroxylation sites is 2. The maximum absolute atomic E-state index is 11.9. The Morgan fingerprint density at radius 3 is 2.89 bits per heavy atom. The minimum Gasteiger partial charge on any atom is -0.311 e. The zero-order valence-corrected chi connectivity index (χ0v) is 11.4. The van der Waals surface area contributed by atoms with Crippen molar-refractivity contribution >= 4 is 11.0 Å². The average molecular weight is 257 g/mol. The van der Waals surface area contributed by atoms with Crippen LogP contribution in [0.1, 0.15) is 13.8 Å². The Balaban J connectivity index is 2.27. The summed E-state index contributed by atoms with van der Waals surface area (Å²) in [6.07, 6.45) is 1.37. The van der Waals surface area contributed by atoms with Crippen LogP contribution in [0.3, 0.4) is 0 Å². The van der Waals surface area contributed by atoms with Gasteiger partial charge in [0.05, 0.1) is 17.2 Å². The Kier molecular flexibility index (Phi) is 4.12. The zero-order chi connectivity index (χ0) is 13.8. The molecule has 0 radical (unpaired) electrons. The first-order chi connectivity index (χ1) is 9.08.